The molecule has 3 aliphatic rings. The second-order valence-corrected chi connectivity index (χ2v) is 10.6. The number of nitrogens with one attached hydrogen (secondary N) is 1. The maximum absolute atomic E-state index is 12.1. The molecule has 170 valence electrons. The zero-order valence-corrected chi connectivity index (χ0v) is 19.7. The number of halogens is 1. The summed E-state index contributed by atoms with van der Waals surface area (Å²) in [7, 11) is 0. The first kappa shape index (κ1) is 21.2. The number of amides is 2. The van der Waals surface area contributed by atoms with Crippen molar-refractivity contribution in [1.82, 2.24) is 15.2 Å². The van der Waals surface area contributed by atoms with Crippen LogP contribution in [0.2, 0.25) is 5.02 Å². The normalized spacial score (nSPS) is 23.0. The first-order valence-electron chi connectivity index (χ1n) is 11.4. The Hall–Kier alpha value is -2.32. The van der Waals surface area contributed by atoms with Crippen LogP contribution in [0.1, 0.15) is 41.7 Å². The molecule has 1 atom stereocenters. The summed E-state index contributed by atoms with van der Waals surface area (Å²) in [5, 5.41) is 4.25. The predicted octanol–water partition coefficient (Wildman–Crippen LogP) is 4.42. The zero-order valence-electron chi connectivity index (χ0n) is 18.2. The van der Waals surface area contributed by atoms with Gasteiger partial charge in [-0.3, -0.25) is 19.5 Å². The van der Waals surface area contributed by atoms with Gasteiger partial charge in [-0.1, -0.05) is 11.6 Å². The average Bonchev–Trinajstić information content (AvgIpc) is 3.37. The highest BCUT2D eigenvalue weighted by Gasteiger charge is 2.41. The highest BCUT2D eigenvalue weighted by atomic mass is 35.5. The molecule has 1 aromatic carbocycles. The van der Waals surface area contributed by atoms with Crippen LogP contribution in [-0.2, 0) is 32.9 Å². The summed E-state index contributed by atoms with van der Waals surface area (Å²) in [6.07, 6.45) is 5.46. The van der Waals surface area contributed by atoms with Gasteiger partial charge in [0.2, 0.25) is 11.8 Å². The van der Waals surface area contributed by atoms with Crippen molar-refractivity contribution < 1.29 is 14.3 Å². The summed E-state index contributed by atoms with van der Waals surface area (Å²) in [5.74, 6) is -0.197. The van der Waals surface area contributed by atoms with Gasteiger partial charge >= 0.3 is 0 Å². The van der Waals surface area contributed by atoms with E-state index >= 15 is 0 Å². The van der Waals surface area contributed by atoms with E-state index in [1.54, 1.807) is 11.3 Å². The third-order valence-corrected chi connectivity index (χ3v) is 8.32. The van der Waals surface area contributed by atoms with Crippen LogP contribution in [-0.4, -0.2) is 41.4 Å². The topological polar surface area (TPSA) is 71.5 Å². The number of imide groups is 1. The number of aryl methyl sites for hydroxylation is 1. The molecule has 2 aromatic heterocycles. The third-order valence-electron chi connectivity index (χ3n) is 6.96. The van der Waals surface area contributed by atoms with E-state index in [-0.39, 0.29) is 17.4 Å². The minimum absolute atomic E-state index is 0.0987. The van der Waals surface area contributed by atoms with Gasteiger partial charge in [0.05, 0.1) is 23.4 Å². The number of rotatable bonds is 3. The minimum Gasteiger partial charge on any atom is -0.368 e. The fourth-order valence-electron chi connectivity index (χ4n) is 5.51. The molecule has 2 saturated heterocycles. The number of thiophene rings is 1. The maximum Gasteiger partial charge on any atom is 0.230 e. The minimum atomic E-state index is -0.351. The van der Waals surface area contributed by atoms with E-state index in [9.17, 15) is 9.59 Å². The first-order valence-corrected chi connectivity index (χ1v) is 12.6. The van der Waals surface area contributed by atoms with E-state index in [1.165, 1.54) is 16.0 Å². The molecule has 2 amide bonds. The van der Waals surface area contributed by atoms with Crippen molar-refractivity contribution in [2.24, 2.45) is 0 Å². The summed E-state index contributed by atoms with van der Waals surface area (Å²) in [4.78, 5) is 31.1. The van der Waals surface area contributed by atoms with Crippen LogP contribution in [0.25, 0.3) is 21.3 Å². The van der Waals surface area contributed by atoms with Gasteiger partial charge < -0.3 is 10.1 Å². The van der Waals surface area contributed by atoms with Gasteiger partial charge in [-0.05, 0) is 60.2 Å². The van der Waals surface area contributed by atoms with E-state index in [0.717, 1.165) is 63.6 Å². The number of hydrogen-bond acceptors (Lipinski definition) is 6. The zero-order chi connectivity index (χ0) is 22.6. The van der Waals surface area contributed by atoms with Crippen LogP contribution in [0.5, 0.6) is 0 Å². The van der Waals surface area contributed by atoms with Crippen LogP contribution in [0.4, 0.5) is 0 Å². The SMILES string of the molecule is O=C1CCC(=O)N1Cc1cc2nccc(-c3cc(Cl)cc4c3[C@@]3(CCC4)CNCCO3)c2s1. The van der Waals surface area contributed by atoms with E-state index in [1.807, 2.05) is 24.4 Å². The number of pyridine rings is 1. The molecule has 1 N–H and O–H groups in total. The lowest BCUT2D eigenvalue weighted by atomic mass is 9.74. The number of aromatic nitrogens is 1. The second kappa shape index (κ2) is 8.17. The Balaban J connectivity index is 1.49. The summed E-state index contributed by atoms with van der Waals surface area (Å²) in [5.41, 5.74) is 5.17. The third kappa shape index (κ3) is 3.58. The average molecular weight is 482 g/mol. The summed E-state index contributed by atoms with van der Waals surface area (Å²) in [6, 6.07) is 8.17. The number of carbonyl (C=O) groups excluding carboxylic acids is 2. The summed E-state index contributed by atoms with van der Waals surface area (Å²) in [6.45, 7) is 2.65. The van der Waals surface area contributed by atoms with Crippen LogP contribution in [0.15, 0.2) is 30.5 Å². The molecule has 0 bridgehead atoms. The highest BCUT2D eigenvalue weighted by molar-refractivity contribution is 7.19. The van der Waals surface area contributed by atoms with Crippen molar-refractivity contribution in [3.05, 3.63) is 51.5 Å². The number of benzene rings is 1. The number of carbonyl (C=O) groups is 2. The van der Waals surface area contributed by atoms with Gasteiger partial charge in [0.25, 0.3) is 0 Å². The van der Waals surface area contributed by atoms with Crippen LogP contribution >= 0.6 is 22.9 Å². The van der Waals surface area contributed by atoms with Gasteiger partial charge in [0, 0.05) is 47.6 Å². The summed E-state index contributed by atoms with van der Waals surface area (Å²) >= 11 is 8.20. The van der Waals surface area contributed by atoms with Crippen molar-refractivity contribution in [3.8, 4) is 11.1 Å². The molecule has 6 nitrogen and oxygen atoms in total. The standard InChI is InChI=1S/C25H24ClN3O3S/c26-16-10-15-2-1-6-25(14-27-8-9-32-25)23(15)19(11-16)18-5-7-28-20-12-17(33-24(18)20)13-29-21(30)3-4-22(29)31/h5,7,10-12,27H,1-4,6,8-9,13-14H2/t25-/m1/s1. The second-order valence-electron chi connectivity index (χ2n) is 9.02. The maximum atomic E-state index is 12.1. The van der Waals surface area contributed by atoms with E-state index in [2.05, 4.69) is 16.4 Å². The number of morpholine rings is 1. The predicted molar refractivity (Wildman–Crippen MR) is 128 cm³/mol. The molecule has 4 heterocycles. The number of nitrogens with zero attached hydrogens (tertiary/aromatic N) is 2. The van der Waals surface area contributed by atoms with Gasteiger partial charge in [-0.2, -0.15) is 0 Å². The highest BCUT2D eigenvalue weighted by Crippen LogP contribution is 2.47. The number of likely N-dealkylation sites (tertiary alicyclic amines) is 1. The Morgan fingerprint density at radius 3 is 2.79 bits per heavy atom. The Morgan fingerprint density at radius 2 is 2.00 bits per heavy atom. The lowest BCUT2D eigenvalue weighted by molar-refractivity contribution is -0.138. The van der Waals surface area contributed by atoms with E-state index in [0.29, 0.717) is 26.0 Å². The number of fused-ring (bicyclic) bond motifs is 3. The monoisotopic (exact) mass is 481 g/mol. The molecular weight excluding hydrogens is 458 g/mol. The largest absolute Gasteiger partial charge is 0.368 e. The van der Waals surface area contributed by atoms with Crippen LogP contribution in [0.3, 0.4) is 0 Å². The molecule has 0 radical (unpaired) electrons. The molecule has 0 unspecified atom stereocenters. The molecule has 2 aliphatic heterocycles. The van der Waals surface area contributed by atoms with Gasteiger partial charge in [0.15, 0.2) is 0 Å². The molecule has 8 heteroatoms. The molecule has 3 aromatic rings. The van der Waals surface area contributed by atoms with Crippen molar-refractivity contribution in [1.29, 1.82) is 0 Å². The smallest absolute Gasteiger partial charge is 0.230 e. The van der Waals surface area contributed by atoms with Gasteiger partial charge in [-0.25, -0.2) is 0 Å². The molecular formula is C25H24ClN3O3S. The van der Waals surface area contributed by atoms with E-state index < -0.39 is 0 Å². The van der Waals surface area contributed by atoms with Gasteiger partial charge in [0.1, 0.15) is 5.60 Å². The van der Waals surface area contributed by atoms with Crippen molar-refractivity contribution >= 4 is 45.0 Å². The summed E-state index contributed by atoms with van der Waals surface area (Å²) < 4.78 is 7.51. The fraction of sp³-hybridized carbons (Fsp3) is 0.400. The molecule has 1 spiro atoms. The Kier molecular flexibility index (Phi) is 5.25. The lowest BCUT2D eigenvalue weighted by Gasteiger charge is -2.43. The molecule has 2 fully saturated rings. The van der Waals surface area contributed by atoms with Crippen LogP contribution < -0.4 is 5.32 Å². The number of ether oxygens (including phenoxy) is 1. The Labute approximate surface area is 200 Å². The molecule has 33 heavy (non-hydrogen) atoms. The van der Waals surface area contributed by atoms with Gasteiger partial charge in [-0.15, -0.1) is 11.3 Å². The molecule has 1 aliphatic carbocycles. The molecule has 0 saturated carbocycles. The van der Waals surface area contributed by atoms with Crippen molar-refractivity contribution in [2.45, 2.75) is 44.2 Å². The van der Waals surface area contributed by atoms with Crippen LogP contribution in [0, 0.1) is 0 Å². The van der Waals surface area contributed by atoms with Crippen molar-refractivity contribution in [3.63, 3.8) is 0 Å². The quantitative estimate of drug-likeness (QED) is 0.561. The Morgan fingerprint density at radius 1 is 1.15 bits per heavy atom. The fourth-order valence-corrected chi connectivity index (χ4v) is 6.89. The Bertz CT molecular complexity index is 1270. The molecule has 6 rings (SSSR count). The van der Waals surface area contributed by atoms with Crippen molar-refractivity contribution in [2.75, 3.05) is 19.7 Å². The van der Waals surface area contributed by atoms with E-state index in [4.69, 9.17) is 16.3 Å². The lowest BCUT2D eigenvalue weighted by Crippen LogP contribution is -2.49. The first-order chi connectivity index (χ1) is 16.0. The number of hydrogen-bond donors (Lipinski definition) is 1.